The first-order chi connectivity index (χ1) is 16.0. The summed E-state index contributed by atoms with van der Waals surface area (Å²) in [4.78, 5) is 50.8. The lowest BCUT2D eigenvalue weighted by molar-refractivity contribution is -0.132. The van der Waals surface area contributed by atoms with E-state index in [1.54, 1.807) is 45.9 Å². The van der Waals surface area contributed by atoms with Crippen LogP contribution >= 0.6 is 23.1 Å². The molecule has 1 aliphatic heterocycles. The van der Waals surface area contributed by atoms with Crippen molar-refractivity contribution in [2.75, 3.05) is 31.9 Å². The van der Waals surface area contributed by atoms with Gasteiger partial charge in [0.25, 0.3) is 11.5 Å². The second-order valence-corrected chi connectivity index (χ2v) is 10.5. The molecule has 1 fully saturated rings. The number of aromatic amines is 1. The predicted molar refractivity (Wildman–Crippen MR) is 127 cm³/mol. The van der Waals surface area contributed by atoms with Crippen LogP contribution in [0.15, 0.2) is 15.4 Å². The second-order valence-electron chi connectivity index (χ2n) is 8.36. The number of rotatable bonds is 6. The molecule has 0 radical (unpaired) electrons. The summed E-state index contributed by atoms with van der Waals surface area (Å²) < 4.78 is 5.05. The maximum absolute atomic E-state index is 12.6. The number of thiophene rings is 1. The van der Waals surface area contributed by atoms with Crippen molar-refractivity contribution in [1.82, 2.24) is 24.9 Å². The van der Waals surface area contributed by atoms with Gasteiger partial charge in [0.1, 0.15) is 10.7 Å². The largest absolute Gasteiger partial charge is 0.351 e. The van der Waals surface area contributed by atoms with Crippen molar-refractivity contribution in [3.8, 4) is 0 Å². The third kappa shape index (κ3) is 4.56. The lowest BCUT2D eigenvalue weighted by Gasteiger charge is -2.34. The Hall–Kier alpha value is -2.66. The quantitative estimate of drug-likeness (QED) is 0.531. The highest BCUT2D eigenvalue weighted by Crippen LogP contribution is 2.34. The minimum atomic E-state index is -0.187. The van der Waals surface area contributed by atoms with Crippen LogP contribution in [0.3, 0.4) is 0 Å². The summed E-state index contributed by atoms with van der Waals surface area (Å²) in [6.07, 6.45) is 3.55. The fourth-order valence-electron chi connectivity index (χ4n) is 4.38. The average molecular weight is 488 g/mol. The lowest BCUT2D eigenvalue weighted by atomic mass is 10.2. The zero-order valence-electron chi connectivity index (χ0n) is 18.4. The first-order valence-electron chi connectivity index (χ1n) is 11.1. The number of fused-ring (bicyclic) bond motifs is 3. The lowest BCUT2D eigenvalue weighted by Crippen LogP contribution is -2.50. The Balaban J connectivity index is 1.08. The van der Waals surface area contributed by atoms with Crippen molar-refractivity contribution in [2.45, 2.75) is 38.4 Å². The van der Waals surface area contributed by atoms with E-state index in [0.29, 0.717) is 55.6 Å². The molecule has 0 spiro atoms. The van der Waals surface area contributed by atoms with Crippen LogP contribution in [-0.4, -0.2) is 68.7 Å². The summed E-state index contributed by atoms with van der Waals surface area (Å²) >= 11 is 3.23. The molecule has 9 nitrogen and oxygen atoms in total. The van der Waals surface area contributed by atoms with Gasteiger partial charge < -0.3 is 19.3 Å². The van der Waals surface area contributed by atoms with Gasteiger partial charge in [-0.1, -0.05) is 5.16 Å². The number of carbonyl (C=O) groups excluding carboxylic acids is 2. The summed E-state index contributed by atoms with van der Waals surface area (Å²) in [7, 11) is 0. The van der Waals surface area contributed by atoms with Crippen molar-refractivity contribution in [3.63, 3.8) is 0 Å². The van der Waals surface area contributed by atoms with Gasteiger partial charge in [0.2, 0.25) is 11.7 Å². The molecule has 3 aromatic heterocycles. The number of amides is 2. The zero-order chi connectivity index (χ0) is 22.9. The Kier molecular flexibility index (Phi) is 6.24. The van der Waals surface area contributed by atoms with Gasteiger partial charge in [-0.3, -0.25) is 14.4 Å². The Morgan fingerprint density at radius 2 is 2.00 bits per heavy atom. The third-order valence-corrected chi connectivity index (χ3v) is 8.24. The van der Waals surface area contributed by atoms with Crippen LogP contribution in [0, 0.1) is 6.92 Å². The molecule has 0 saturated carbocycles. The topological polar surface area (TPSA) is 112 Å². The fourth-order valence-corrected chi connectivity index (χ4v) is 6.46. The molecule has 174 valence electrons. The number of H-pyrrole nitrogens is 1. The van der Waals surface area contributed by atoms with Crippen LogP contribution in [0.1, 0.15) is 45.4 Å². The number of aromatic nitrogens is 3. The number of thioether (sulfide) groups is 1. The SMILES string of the molecule is Cc1cc(C(=O)N2CCN(C(=O)CCSCc3nc4sc5c(c4c(=O)[nH]3)CCC5)CC2)on1. The molecule has 1 aliphatic carbocycles. The summed E-state index contributed by atoms with van der Waals surface area (Å²) in [5.41, 5.74) is 1.81. The number of piperazine rings is 1. The molecule has 0 unspecified atom stereocenters. The van der Waals surface area contributed by atoms with E-state index < -0.39 is 0 Å². The third-order valence-electron chi connectivity index (χ3n) is 6.08. The summed E-state index contributed by atoms with van der Waals surface area (Å²) in [5.74, 6) is 2.02. The van der Waals surface area contributed by atoms with Crippen molar-refractivity contribution in [1.29, 1.82) is 0 Å². The molecule has 2 amide bonds. The smallest absolute Gasteiger partial charge is 0.292 e. The highest BCUT2D eigenvalue weighted by atomic mass is 32.2. The Morgan fingerprint density at radius 1 is 1.21 bits per heavy atom. The van der Waals surface area contributed by atoms with E-state index in [-0.39, 0.29) is 23.1 Å². The second kappa shape index (κ2) is 9.30. The van der Waals surface area contributed by atoms with Gasteiger partial charge in [0, 0.05) is 49.3 Å². The van der Waals surface area contributed by atoms with Crippen LogP contribution < -0.4 is 5.56 Å². The minimum Gasteiger partial charge on any atom is -0.351 e. The number of nitrogens with one attached hydrogen (secondary N) is 1. The van der Waals surface area contributed by atoms with E-state index in [1.807, 2.05) is 0 Å². The molecule has 11 heteroatoms. The molecule has 0 bridgehead atoms. The number of carbonyl (C=O) groups is 2. The molecular weight excluding hydrogens is 462 g/mol. The molecule has 33 heavy (non-hydrogen) atoms. The van der Waals surface area contributed by atoms with Crippen molar-refractivity contribution < 1.29 is 14.1 Å². The van der Waals surface area contributed by atoms with Gasteiger partial charge in [0.15, 0.2) is 0 Å². The summed E-state index contributed by atoms with van der Waals surface area (Å²) in [5, 5.41) is 4.53. The van der Waals surface area contributed by atoms with E-state index in [9.17, 15) is 14.4 Å². The molecule has 0 atom stereocenters. The number of nitrogens with zero attached hydrogens (tertiary/aromatic N) is 4. The van der Waals surface area contributed by atoms with Gasteiger partial charge in [0.05, 0.1) is 16.8 Å². The van der Waals surface area contributed by atoms with Gasteiger partial charge in [-0.2, -0.15) is 11.8 Å². The van der Waals surface area contributed by atoms with Crippen molar-refractivity contribution in [3.05, 3.63) is 44.1 Å². The highest BCUT2D eigenvalue weighted by Gasteiger charge is 2.26. The monoisotopic (exact) mass is 487 g/mol. The molecule has 2 aliphatic rings. The van der Waals surface area contributed by atoms with Crippen LogP contribution in [0.25, 0.3) is 10.2 Å². The summed E-state index contributed by atoms with van der Waals surface area (Å²) in [6, 6.07) is 1.63. The van der Waals surface area contributed by atoms with Gasteiger partial charge >= 0.3 is 0 Å². The van der Waals surface area contributed by atoms with Crippen molar-refractivity contribution >= 4 is 45.1 Å². The van der Waals surface area contributed by atoms with Crippen LogP contribution in [0.5, 0.6) is 0 Å². The highest BCUT2D eigenvalue weighted by molar-refractivity contribution is 7.98. The fraction of sp³-hybridized carbons (Fsp3) is 0.500. The molecule has 4 heterocycles. The first kappa shape index (κ1) is 22.1. The van der Waals surface area contributed by atoms with Gasteiger partial charge in [-0.05, 0) is 31.7 Å². The van der Waals surface area contributed by atoms with Crippen LogP contribution in [0.2, 0.25) is 0 Å². The van der Waals surface area contributed by atoms with Crippen molar-refractivity contribution in [2.24, 2.45) is 0 Å². The normalized spacial score (nSPS) is 15.9. The van der Waals surface area contributed by atoms with E-state index in [2.05, 4.69) is 15.1 Å². The Bertz CT molecular complexity index is 1260. The summed E-state index contributed by atoms with van der Waals surface area (Å²) in [6.45, 7) is 3.75. The standard InChI is InChI=1S/C22H25N5O4S2/c1-13-11-15(31-25-13)22(30)27-8-6-26(7-9-27)18(28)5-10-32-12-17-23-20(29)19-14-3-2-4-16(14)33-21(19)24-17/h11H,2-10,12H2,1H3,(H,23,24,29). The first-order valence-corrected chi connectivity index (χ1v) is 13.1. The van der Waals surface area contributed by atoms with E-state index in [0.717, 1.165) is 29.5 Å². The molecule has 3 aromatic rings. The predicted octanol–water partition coefficient (Wildman–Crippen LogP) is 2.38. The van der Waals surface area contributed by atoms with E-state index in [4.69, 9.17) is 4.52 Å². The molecule has 0 aromatic carbocycles. The maximum atomic E-state index is 12.6. The minimum absolute atomic E-state index is 0.0426. The average Bonchev–Trinajstić information content (AvgIpc) is 3.52. The Labute approximate surface area is 198 Å². The van der Waals surface area contributed by atoms with E-state index in [1.165, 1.54) is 10.4 Å². The molecule has 1 saturated heterocycles. The zero-order valence-corrected chi connectivity index (χ0v) is 20.0. The van der Waals surface area contributed by atoms with E-state index >= 15 is 0 Å². The van der Waals surface area contributed by atoms with Gasteiger partial charge in [-0.25, -0.2) is 4.98 Å². The van der Waals surface area contributed by atoms with Crippen LogP contribution in [0.4, 0.5) is 0 Å². The molecule has 1 N–H and O–H groups in total. The number of aryl methyl sites for hydroxylation is 3. The molecule has 5 rings (SSSR count). The van der Waals surface area contributed by atoms with Crippen LogP contribution in [-0.2, 0) is 23.4 Å². The maximum Gasteiger partial charge on any atom is 0.292 e. The molecular formula is C22H25N5O4S2. The van der Waals surface area contributed by atoms with Gasteiger partial charge in [-0.15, -0.1) is 11.3 Å². The number of hydrogen-bond donors (Lipinski definition) is 1. The Morgan fingerprint density at radius 3 is 2.76 bits per heavy atom. The number of hydrogen-bond acceptors (Lipinski definition) is 8.